The number of aliphatic hydroxyl groups is 1. The van der Waals surface area contributed by atoms with Crippen LogP contribution in [0.25, 0.3) is 0 Å². The summed E-state index contributed by atoms with van der Waals surface area (Å²) in [6.07, 6.45) is -0.290. The summed E-state index contributed by atoms with van der Waals surface area (Å²) >= 11 is 0. The third-order valence-electron chi connectivity index (χ3n) is 6.22. The Bertz CT molecular complexity index is 936. The molecule has 11 heteroatoms. The highest BCUT2D eigenvalue weighted by atomic mass is 16.6. The lowest BCUT2D eigenvalue weighted by Crippen LogP contribution is -2.59. The molecule has 5 atom stereocenters. The number of rotatable bonds is 17. The number of aryl methyl sites for hydroxylation is 1. The summed E-state index contributed by atoms with van der Waals surface area (Å²) in [5, 5.41) is 18.1. The predicted octanol–water partition coefficient (Wildman–Crippen LogP) is 0.131. The molecule has 4 N–H and O–H groups in total. The quantitative estimate of drug-likeness (QED) is 0.205. The van der Waals surface area contributed by atoms with E-state index in [1.807, 2.05) is 44.2 Å². The molecule has 1 saturated heterocycles. The van der Waals surface area contributed by atoms with Gasteiger partial charge in [0.15, 0.2) is 5.78 Å². The minimum Gasteiger partial charge on any atom is -0.383 e. The zero-order valence-corrected chi connectivity index (χ0v) is 22.8. The second-order valence-electron chi connectivity index (χ2n) is 10.1. The van der Waals surface area contributed by atoms with E-state index >= 15 is 0 Å². The Labute approximate surface area is 224 Å². The van der Waals surface area contributed by atoms with Gasteiger partial charge in [0.1, 0.15) is 23.8 Å². The van der Waals surface area contributed by atoms with Gasteiger partial charge in [0.25, 0.3) is 0 Å². The van der Waals surface area contributed by atoms with E-state index < -0.39 is 47.6 Å². The number of hydrogen-bond acceptors (Lipinski definition) is 8. The summed E-state index contributed by atoms with van der Waals surface area (Å²) in [5.41, 5.74) is 0.0534. The normalized spacial score (nSPS) is 19.7. The van der Waals surface area contributed by atoms with Gasteiger partial charge in [0, 0.05) is 14.2 Å². The second kappa shape index (κ2) is 14.9. The third kappa shape index (κ3) is 9.79. The summed E-state index contributed by atoms with van der Waals surface area (Å²) in [4.78, 5) is 51.6. The number of nitrogens with one attached hydrogen (secondary N) is 3. The smallest absolute Gasteiger partial charge is 0.249 e. The van der Waals surface area contributed by atoms with Gasteiger partial charge < -0.3 is 35.3 Å². The van der Waals surface area contributed by atoms with Gasteiger partial charge in [-0.05, 0) is 37.7 Å². The van der Waals surface area contributed by atoms with E-state index in [0.717, 1.165) is 5.56 Å². The van der Waals surface area contributed by atoms with Crippen LogP contribution in [0.4, 0.5) is 0 Å². The van der Waals surface area contributed by atoms with Crippen LogP contribution in [0.3, 0.4) is 0 Å². The third-order valence-corrected chi connectivity index (χ3v) is 6.22. The molecule has 0 radical (unpaired) electrons. The first-order valence-corrected chi connectivity index (χ1v) is 12.8. The monoisotopic (exact) mass is 535 g/mol. The van der Waals surface area contributed by atoms with Crippen LogP contribution in [-0.2, 0) is 39.8 Å². The maximum Gasteiger partial charge on any atom is 0.249 e. The second-order valence-corrected chi connectivity index (χ2v) is 10.1. The SMILES string of the molecule is COCC(NC(=O)[C@@H](O)CCc1ccccc1)C(=O)N[C@@H](COC)C(=O)NC(CC(C)C)C(=O)[C@@]1(C)CO1. The van der Waals surface area contributed by atoms with Crippen LogP contribution in [0.5, 0.6) is 0 Å². The molecule has 11 nitrogen and oxygen atoms in total. The van der Waals surface area contributed by atoms with Crippen molar-refractivity contribution < 1.29 is 38.5 Å². The molecule has 1 aliphatic heterocycles. The summed E-state index contributed by atoms with van der Waals surface area (Å²) < 4.78 is 15.5. The van der Waals surface area contributed by atoms with Crippen LogP contribution in [0.1, 0.15) is 39.2 Å². The maximum atomic E-state index is 13.1. The fourth-order valence-corrected chi connectivity index (χ4v) is 3.91. The Morgan fingerprint density at radius 1 is 0.921 bits per heavy atom. The lowest BCUT2D eigenvalue weighted by molar-refractivity contribution is -0.137. The number of ketones is 1. The molecule has 1 heterocycles. The van der Waals surface area contributed by atoms with Crippen LogP contribution in [0, 0.1) is 5.92 Å². The van der Waals surface area contributed by atoms with Crippen LogP contribution in [0.15, 0.2) is 30.3 Å². The highest BCUT2D eigenvalue weighted by Crippen LogP contribution is 2.29. The molecule has 3 amide bonds. The molecule has 0 aliphatic carbocycles. The summed E-state index contributed by atoms with van der Waals surface area (Å²) in [5.74, 6) is -2.13. The molecule has 38 heavy (non-hydrogen) atoms. The van der Waals surface area contributed by atoms with Crippen LogP contribution in [-0.4, -0.2) is 92.5 Å². The van der Waals surface area contributed by atoms with E-state index in [1.54, 1.807) is 6.92 Å². The van der Waals surface area contributed by atoms with Gasteiger partial charge >= 0.3 is 0 Å². The highest BCUT2D eigenvalue weighted by Gasteiger charge is 2.50. The van der Waals surface area contributed by atoms with E-state index in [-0.39, 0.29) is 31.3 Å². The fourth-order valence-electron chi connectivity index (χ4n) is 3.91. The number of hydrogen-bond donors (Lipinski definition) is 4. The van der Waals surface area contributed by atoms with Gasteiger partial charge in [0.2, 0.25) is 17.7 Å². The molecular formula is C27H41N3O8. The summed E-state index contributed by atoms with van der Waals surface area (Å²) in [6, 6.07) is 6.30. The molecule has 2 unspecified atom stereocenters. The van der Waals surface area contributed by atoms with E-state index in [4.69, 9.17) is 14.2 Å². The number of carbonyl (C=O) groups excluding carboxylic acids is 4. The Hall–Kier alpha value is -2.86. The van der Waals surface area contributed by atoms with Crippen molar-refractivity contribution in [3.63, 3.8) is 0 Å². The highest BCUT2D eigenvalue weighted by molar-refractivity contribution is 5.98. The Morgan fingerprint density at radius 2 is 1.42 bits per heavy atom. The molecule has 0 bridgehead atoms. The molecule has 1 fully saturated rings. The molecule has 212 valence electrons. The number of amides is 3. The van der Waals surface area contributed by atoms with Crippen LogP contribution < -0.4 is 16.0 Å². The first-order valence-electron chi connectivity index (χ1n) is 12.8. The van der Waals surface area contributed by atoms with E-state index in [0.29, 0.717) is 19.4 Å². The van der Waals surface area contributed by atoms with E-state index in [1.165, 1.54) is 14.2 Å². The number of aliphatic hydroxyl groups excluding tert-OH is 1. The summed E-state index contributed by atoms with van der Waals surface area (Å²) in [6.45, 7) is 5.49. The molecule has 1 aromatic rings. The maximum absolute atomic E-state index is 13.1. The van der Waals surface area contributed by atoms with Crippen molar-refractivity contribution in [3.05, 3.63) is 35.9 Å². The van der Waals surface area contributed by atoms with Gasteiger partial charge in [-0.1, -0.05) is 44.2 Å². The van der Waals surface area contributed by atoms with E-state index in [2.05, 4.69) is 16.0 Å². The molecule has 1 aromatic carbocycles. The molecule has 0 spiro atoms. The number of carbonyl (C=O) groups is 4. The predicted molar refractivity (Wildman–Crippen MR) is 139 cm³/mol. The Balaban J connectivity index is 2.01. The first kappa shape index (κ1) is 31.4. The Morgan fingerprint density at radius 3 is 1.89 bits per heavy atom. The molecule has 0 saturated carbocycles. The number of ether oxygens (including phenoxy) is 3. The largest absolute Gasteiger partial charge is 0.383 e. The average molecular weight is 536 g/mol. The minimum absolute atomic E-state index is 0.122. The first-order chi connectivity index (χ1) is 18.0. The molecule has 2 rings (SSSR count). The van der Waals surface area contributed by atoms with Gasteiger partial charge in [-0.15, -0.1) is 0 Å². The van der Waals surface area contributed by atoms with Crippen LogP contribution in [0.2, 0.25) is 0 Å². The van der Waals surface area contributed by atoms with Crippen molar-refractivity contribution in [3.8, 4) is 0 Å². The summed E-state index contributed by atoms with van der Waals surface area (Å²) in [7, 11) is 2.74. The molecule has 1 aliphatic rings. The van der Waals surface area contributed by atoms with Gasteiger partial charge in [0.05, 0.1) is 25.9 Å². The molecular weight excluding hydrogens is 494 g/mol. The number of epoxide rings is 1. The van der Waals surface area contributed by atoms with Crippen molar-refractivity contribution in [1.82, 2.24) is 16.0 Å². The topological polar surface area (TPSA) is 156 Å². The van der Waals surface area contributed by atoms with Crippen molar-refractivity contribution >= 4 is 23.5 Å². The van der Waals surface area contributed by atoms with Crippen molar-refractivity contribution in [2.45, 2.75) is 69.9 Å². The average Bonchev–Trinajstić information content (AvgIpc) is 3.64. The van der Waals surface area contributed by atoms with Gasteiger partial charge in [-0.25, -0.2) is 0 Å². The molecule has 0 aromatic heterocycles. The number of Topliss-reactive ketones (excluding diaryl/α,β-unsaturated/α-hetero) is 1. The number of benzene rings is 1. The lowest BCUT2D eigenvalue weighted by Gasteiger charge is -2.26. The Kier molecular flexibility index (Phi) is 12.3. The van der Waals surface area contributed by atoms with Gasteiger partial charge in [-0.3, -0.25) is 19.2 Å². The van der Waals surface area contributed by atoms with Gasteiger partial charge in [-0.2, -0.15) is 0 Å². The lowest BCUT2D eigenvalue weighted by atomic mass is 9.93. The van der Waals surface area contributed by atoms with E-state index in [9.17, 15) is 24.3 Å². The van der Waals surface area contributed by atoms with Crippen molar-refractivity contribution in [2.75, 3.05) is 34.0 Å². The van der Waals surface area contributed by atoms with Crippen molar-refractivity contribution in [2.24, 2.45) is 5.92 Å². The van der Waals surface area contributed by atoms with Crippen LogP contribution >= 0.6 is 0 Å². The zero-order valence-electron chi connectivity index (χ0n) is 22.8. The zero-order chi connectivity index (χ0) is 28.3. The fraction of sp³-hybridized carbons (Fsp3) is 0.630. The number of methoxy groups -OCH3 is 2. The van der Waals surface area contributed by atoms with Crippen molar-refractivity contribution in [1.29, 1.82) is 0 Å². The standard InChI is InChI=1S/C27H41N3O8/c1-17(2)13-19(23(32)27(3)16-38-27)28-24(33)20(14-36-4)29-25(34)21(15-37-5)30-26(35)22(31)12-11-18-9-7-6-8-10-18/h6-10,17,19-22,31H,11-16H2,1-5H3,(H,28,33)(H,29,34)(H,30,35)/t19?,20-,21?,22-,27+/m0/s1. The minimum atomic E-state index is -1.34.